The molecule has 3 rings (SSSR count). The number of Topliss-reactive ketones (excluding diaryl/α,β-unsaturated/α-hetero) is 1. The number of thiazole rings is 1. The molecule has 27 heavy (non-hydrogen) atoms. The monoisotopic (exact) mass is 403 g/mol. The van der Waals surface area contributed by atoms with Gasteiger partial charge in [-0.25, -0.2) is 9.78 Å². The number of anilines is 2. The molecular weight excluding hydrogens is 380 g/mol. The normalized spacial score (nSPS) is 14.3. The maximum atomic E-state index is 12.9. The third-order valence-electron chi connectivity index (χ3n) is 4.47. The lowest BCUT2D eigenvalue weighted by Gasteiger charge is -2.14. The number of hydrogen-bond donors (Lipinski definition) is 2. The Balaban J connectivity index is 1.68. The third kappa shape index (κ3) is 5.31. The number of carbonyl (C=O) groups excluding carboxylic acids is 2. The Kier molecular flexibility index (Phi) is 6.87. The maximum Gasteiger partial charge on any atom is 0.325 e. The summed E-state index contributed by atoms with van der Waals surface area (Å²) in [6.07, 6.45) is 5.74. The number of nitrogens with one attached hydrogen (secondary N) is 3. The van der Waals surface area contributed by atoms with Crippen LogP contribution in [0.1, 0.15) is 41.6 Å². The van der Waals surface area contributed by atoms with Crippen LogP contribution in [0.5, 0.6) is 0 Å². The summed E-state index contributed by atoms with van der Waals surface area (Å²) >= 11 is 2.92. The molecule has 1 aliphatic carbocycles. The first-order chi connectivity index (χ1) is 13.1. The van der Waals surface area contributed by atoms with Crippen LogP contribution in [0.4, 0.5) is 15.6 Å². The number of thioether (sulfide) groups is 1. The summed E-state index contributed by atoms with van der Waals surface area (Å²) in [5.74, 6) is 0.880. The molecule has 1 aromatic carbocycles. The third-order valence-corrected chi connectivity index (χ3v) is 6.58. The van der Waals surface area contributed by atoms with Crippen molar-refractivity contribution in [3.63, 3.8) is 0 Å². The molecule has 2 aromatic rings. The molecule has 0 saturated heterocycles. The van der Waals surface area contributed by atoms with E-state index in [9.17, 15) is 9.59 Å². The maximum absolute atomic E-state index is 12.9. The Morgan fingerprint density at radius 3 is 2.81 bits per heavy atom. The smallest absolute Gasteiger partial charge is 0.325 e. The number of benzene rings is 1. The first-order valence-corrected chi connectivity index (χ1v) is 10.8. The summed E-state index contributed by atoms with van der Waals surface area (Å²) in [6, 6.07) is 5.12. The van der Waals surface area contributed by atoms with Crippen LogP contribution < -0.4 is 10.6 Å². The molecule has 0 radical (unpaired) electrons. The molecular formula is C19H23N4O2S2-. The molecule has 1 aliphatic rings. The van der Waals surface area contributed by atoms with Crippen LogP contribution in [-0.2, 0) is 0 Å². The molecule has 144 valence electrons. The Morgan fingerprint density at radius 1 is 1.30 bits per heavy atom. The second-order valence-electron chi connectivity index (χ2n) is 6.56. The number of urea groups is 1. The minimum absolute atomic E-state index is 0.0611. The number of aryl methyl sites for hydroxylation is 1. The van der Waals surface area contributed by atoms with Crippen molar-refractivity contribution in [2.45, 2.75) is 36.8 Å². The van der Waals surface area contributed by atoms with E-state index in [1.807, 2.05) is 19.1 Å². The van der Waals surface area contributed by atoms with Crippen molar-refractivity contribution in [3.05, 3.63) is 41.3 Å². The quantitative estimate of drug-likeness (QED) is 0.464. The molecule has 1 saturated carbocycles. The van der Waals surface area contributed by atoms with Gasteiger partial charge in [-0.15, -0.1) is 18.3 Å². The van der Waals surface area contributed by atoms with Crippen molar-refractivity contribution >= 4 is 45.7 Å². The van der Waals surface area contributed by atoms with Crippen LogP contribution in [-0.4, -0.2) is 29.1 Å². The van der Waals surface area contributed by atoms with E-state index in [4.69, 9.17) is 5.73 Å². The fourth-order valence-electron chi connectivity index (χ4n) is 3.17. The van der Waals surface area contributed by atoms with Gasteiger partial charge in [0.15, 0.2) is 10.9 Å². The average molecular weight is 404 g/mol. The number of amides is 2. The highest BCUT2D eigenvalue weighted by Gasteiger charge is 2.26. The summed E-state index contributed by atoms with van der Waals surface area (Å²) in [4.78, 5) is 29.4. The number of carbonyl (C=O) groups is 2. The van der Waals surface area contributed by atoms with Crippen LogP contribution in [0, 0.1) is 12.8 Å². The molecule has 0 bridgehead atoms. The average Bonchev–Trinajstić information content (AvgIpc) is 3.33. The Labute approximate surface area is 167 Å². The predicted molar refractivity (Wildman–Crippen MR) is 112 cm³/mol. The van der Waals surface area contributed by atoms with E-state index in [1.165, 1.54) is 11.3 Å². The van der Waals surface area contributed by atoms with Gasteiger partial charge in [0.2, 0.25) is 0 Å². The molecule has 0 spiro atoms. The topological polar surface area (TPSA) is 94.9 Å². The van der Waals surface area contributed by atoms with E-state index in [0.717, 1.165) is 35.5 Å². The molecule has 3 N–H and O–H groups in total. The largest absolute Gasteiger partial charge is 0.677 e. The second kappa shape index (κ2) is 9.34. The molecule has 0 aliphatic heterocycles. The number of hydrogen-bond acceptors (Lipinski definition) is 5. The van der Waals surface area contributed by atoms with E-state index in [0.29, 0.717) is 28.7 Å². The van der Waals surface area contributed by atoms with E-state index >= 15 is 0 Å². The van der Waals surface area contributed by atoms with Gasteiger partial charge in [0, 0.05) is 11.5 Å². The van der Waals surface area contributed by atoms with Crippen molar-refractivity contribution in [2.75, 3.05) is 22.9 Å². The minimum Gasteiger partial charge on any atom is -0.677 e. The van der Waals surface area contributed by atoms with E-state index < -0.39 is 6.03 Å². The fraction of sp³-hybridized carbons (Fsp3) is 0.421. The van der Waals surface area contributed by atoms with Gasteiger partial charge in [0.25, 0.3) is 0 Å². The first-order valence-electron chi connectivity index (χ1n) is 9.03. The zero-order valence-corrected chi connectivity index (χ0v) is 16.8. The highest BCUT2D eigenvalue weighted by atomic mass is 32.2. The van der Waals surface area contributed by atoms with E-state index in [2.05, 4.69) is 15.6 Å². The number of ketones is 1. The van der Waals surface area contributed by atoms with Gasteiger partial charge in [-0.3, -0.25) is 10.1 Å². The van der Waals surface area contributed by atoms with Gasteiger partial charge in [0.05, 0.1) is 16.1 Å². The number of nitrogens with zero attached hydrogens (tertiary/aromatic N) is 1. The summed E-state index contributed by atoms with van der Waals surface area (Å²) in [6.45, 7) is 2.29. The van der Waals surface area contributed by atoms with Crippen molar-refractivity contribution in [2.24, 2.45) is 5.92 Å². The zero-order valence-electron chi connectivity index (χ0n) is 15.2. The first kappa shape index (κ1) is 19.9. The lowest BCUT2D eigenvalue weighted by atomic mass is 9.94. The molecule has 1 heterocycles. The van der Waals surface area contributed by atoms with Crippen LogP contribution in [0.2, 0.25) is 0 Å². The van der Waals surface area contributed by atoms with Crippen LogP contribution in [0.25, 0.3) is 5.73 Å². The highest BCUT2D eigenvalue weighted by molar-refractivity contribution is 8.01. The molecule has 0 unspecified atom stereocenters. The minimum atomic E-state index is -0.411. The highest BCUT2D eigenvalue weighted by Crippen LogP contribution is 2.31. The molecule has 2 amide bonds. The van der Waals surface area contributed by atoms with Crippen molar-refractivity contribution in [1.82, 2.24) is 4.98 Å². The number of rotatable bonds is 7. The van der Waals surface area contributed by atoms with Gasteiger partial charge < -0.3 is 11.1 Å². The standard InChI is InChI=1S/C19H23N4O2S2/c1-12-6-7-15(14(10-12)17(24)13-4-2-3-5-13)22-18(25)23-19-21-11-16(27-19)26-9-8-20/h6-7,10-11,13,20H,2-5,8-9H2,1H3,(H2,21,22,23,25)/q-1. The molecule has 6 nitrogen and oxygen atoms in total. The predicted octanol–water partition coefficient (Wildman–Crippen LogP) is 5.61. The van der Waals surface area contributed by atoms with Gasteiger partial charge >= 0.3 is 6.03 Å². The molecule has 0 atom stereocenters. The Bertz CT molecular complexity index is 816. The number of aromatic nitrogens is 1. The van der Waals surface area contributed by atoms with E-state index in [-0.39, 0.29) is 11.7 Å². The van der Waals surface area contributed by atoms with Crippen LogP contribution in [0.3, 0.4) is 0 Å². The van der Waals surface area contributed by atoms with Gasteiger partial charge in [-0.1, -0.05) is 35.8 Å². The summed E-state index contributed by atoms with van der Waals surface area (Å²) in [7, 11) is 0. The second-order valence-corrected chi connectivity index (χ2v) is 8.98. The van der Waals surface area contributed by atoms with Crippen molar-refractivity contribution in [1.29, 1.82) is 0 Å². The van der Waals surface area contributed by atoms with Crippen LogP contribution in [0.15, 0.2) is 28.6 Å². The molecule has 1 aromatic heterocycles. The van der Waals surface area contributed by atoms with Crippen molar-refractivity contribution in [3.8, 4) is 0 Å². The Morgan fingerprint density at radius 2 is 2.07 bits per heavy atom. The van der Waals surface area contributed by atoms with Crippen molar-refractivity contribution < 1.29 is 9.59 Å². The van der Waals surface area contributed by atoms with Gasteiger partial charge in [-0.05, 0) is 37.7 Å². The van der Waals surface area contributed by atoms with Crippen LogP contribution >= 0.6 is 23.1 Å². The van der Waals surface area contributed by atoms with Gasteiger partial charge in [-0.2, -0.15) is 0 Å². The summed E-state index contributed by atoms with van der Waals surface area (Å²) < 4.78 is 0.963. The van der Waals surface area contributed by atoms with Gasteiger partial charge in [0.1, 0.15) is 0 Å². The lowest BCUT2D eigenvalue weighted by molar-refractivity contribution is 0.0923. The Hall–Kier alpha value is -1.90. The zero-order chi connectivity index (χ0) is 19.2. The van der Waals surface area contributed by atoms with E-state index in [1.54, 1.807) is 24.0 Å². The molecule has 8 heteroatoms. The summed E-state index contributed by atoms with van der Waals surface area (Å²) in [5, 5.41) is 6.02. The summed E-state index contributed by atoms with van der Waals surface area (Å²) in [5.41, 5.74) is 9.31. The fourth-order valence-corrected chi connectivity index (χ4v) is 4.86. The SMILES string of the molecule is Cc1ccc(NC(=O)Nc2ncc(SCC[NH-])s2)c(C(=O)C2CCCC2)c1. The lowest BCUT2D eigenvalue weighted by Crippen LogP contribution is -2.22. The molecule has 1 fully saturated rings.